The van der Waals surface area contributed by atoms with Crippen molar-refractivity contribution >= 4 is 0 Å². The third kappa shape index (κ3) is 2.06. The van der Waals surface area contributed by atoms with E-state index in [1.165, 1.54) is 0 Å². The number of rotatable bonds is 2. The average molecular weight is 287 g/mol. The van der Waals surface area contributed by atoms with Crippen LogP contribution in [0.3, 0.4) is 0 Å². The Morgan fingerprint density at radius 1 is 1.14 bits per heavy atom. The molecule has 1 saturated heterocycles. The molecule has 0 radical (unpaired) electrons. The quantitative estimate of drug-likeness (QED) is 0.846. The summed E-state index contributed by atoms with van der Waals surface area (Å²) in [6.45, 7) is 4.00. The first-order chi connectivity index (χ1) is 10.3. The van der Waals surface area contributed by atoms with E-state index in [2.05, 4.69) is 17.0 Å². The molecule has 0 bridgehead atoms. The highest BCUT2D eigenvalue weighted by molar-refractivity contribution is 5.49. The second-order valence-electron chi connectivity index (χ2n) is 5.51. The second-order valence-corrected chi connectivity index (χ2v) is 5.51. The van der Waals surface area contributed by atoms with Gasteiger partial charge in [-0.2, -0.15) is 5.10 Å². The summed E-state index contributed by atoms with van der Waals surface area (Å²) in [6.07, 6.45) is 3.57. The summed E-state index contributed by atoms with van der Waals surface area (Å²) in [5, 5.41) is 4.35. The normalized spacial score (nSPS) is 24.2. The first kappa shape index (κ1) is 12.6. The molecule has 1 aromatic heterocycles. The van der Waals surface area contributed by atoms with E-state index in [4.69, 9.17) is 14.2 Å². The number of aromatic nitrogens is 3. The van der Waals surface area contributed by atoms with Crippen molar-refractivity contribution in [2.45, 2.75) is 25.4 Å². The summed E-state index contributed by atoms with van der Waals surface area (Å²) in [5.74, 6) is 2.35. The number of nitrogens with zero attached hydrogens (tertiary/aromatic N) is 3. The lowest BCUT2D eigenvalue weighted by atomic mass is 10.0. The fourth-order valence-electron chi connectivity index (χ4n) is 2.91. The molecule has 1 aromatic carbocycles. The third-order valence-electron chi connectivity index (χ3n) is 4.01. The van der Waals surface area contributed by atoms with E-state index < -0.39 is 0 Å². The van der Waals surface area contributed by atoms with Gasteiger partial charge in [0.05, 0.1) is 5.69 Å². The van der Waals surface area contributed by atoms with Gasteiger partial charge in [-0.3, -0.25) is 0 Å². The molecule has 2 aliphatic heterocycles. The minimum Gasteiger partial charge on any atom is -0.486 e. The Bertz CT molecular complexity index is 662. The number of hydrogen-bond acceptors (Lipinski definition) is 5. The van der Waals surface area contributed by atoms with Crippen LogP contribution in [0.15, 0.2) is 24.5 Å². The molecule has 0 amide bonds. The van der Waals surface area contributed by atoms with E-state index in [-0.39, 0.29) is 5.60 Å². The first-order valence-corrected chi connectivity index (χ1v) is 7.21. The summed E-state index contributed by atoms with van der Waals surface area (Å²) in [7, 11) is 0. The lowest BCUT2D eigenvalue weighted by Crippen LogP contribution is -2.25. The molecule has 0 N–H and O–H groups in total. The van der Waals surface area contributed by atoms with Gasteiger partial charge in [0.25, 0.3) is 0 Å². The first-order valence-electron chi connectivity index (χ1n) is 7.21. The van der Waals surface area contributed by atoms with Gasteiger partial charge in [-0.25, -0.2) is 9.67 Å². The van der Waals surface area contributed by atoms with Crippen molar-refractivity contribution < 1.29 is 14.2 Å². The van der Waals surface area contributed by atoms with E-state index >= 15 is 0 Å². The number of fused-ring (bicyclic) bond motifs is 1. The molecule has 4 rings (SSSR count). The Hall–Kier alpha value is -2.08. The Morgan fingerprint density at radius 3 is 2.81 bits per heavy atom. The van der Waals surface area contributed by atoms with Gasteiger partial charge in [0.2, 0.25) is 0 Å². The molecule has 21 heavy (non-hydrogen) atoms. The summed E-state index contributed by atoms with van der Waals surface area (Å²) in [4.78, 5) is 4.41. The van der Waals surface area contributed by atoms with Crippen LogP contribution in [-0.2, 0) is 10.3 Å². The van der Waals surface area contributed by atoms with Crippen LogP contribution in [0, 0.1) is 0 Å². The zero-order chi connectivity index (χ0) is 14.3. The van der Waals surface area contributed by atoms with Crippen molar-refractivity contribution in [1.82, 2.24) is 14.8 Å². The highest BCUT2D eigenvalue weighted by Crippen LogP contribution is 2.37. The molecular weight excluding hydrogens is 270 g/mol. The Morgan fingerprint density at radius 2 is 2.00 bits per heavy atom. The molecule has 0 saturated carbocycles. The minimum atomic E-state index is -0.371. The maximum atomic E-state index is 5.88. The Kier molecular flexibility index (Phi) is 2.85. The third-order valence-corrected chi connectivity index (χ3v) is 4.01. The molecule has 0 aliphatic carbocycles. The summed E-state index contributed by atoms with van der Waals surface area (Å²) >= 11 is 0. The summed E-state index contributed by atoms with van der Waals surface area (Å²) in [6, 6.07) is 5.81. The van der Waals surface area contributed by atoms with Gasteiger partial charge in [-0.1, -0.05) is 0 Å². The van der Waals surface area contributed by atoms with Crippen molar-refractivity contribution in [3.05, 3.63) is 30.4 Å². The lowest BCUT2D eigenvalue weighted by molar-refractivity contribution is 0.00764. The Labute approximate surface area is 122 Å². The Balaban J connectivity index is 1.76. The van der Waals surface area contributed by atoms with Crippen LogP contribution in [-0.4, -0.2) is 34.6 Å². The van der Waals surface area contributed by atoms with E-state index in [1.807, 2.05) is 22.9 Å². The number of hydrogen-bond donors (Lipinski definition) is 0. The van der Waals surface area contributed by atoms with Crippen LogP contribution in [0.5, 0.6) is 11.5 Å². The lowest BCUT2D eigenvalue weighted by Gasteiger charge is -2.23. The highest BCUT2D eigenvalue weighted by atomic mass is 16.6. The fraction of sp³-hybridized carbons (Fsp3) is 0.467. The number of benzene rings is 1. The van der Waals surface area contributed by atoms with Gasteiger partial charge < -0.3 is 14.2 Å². The monoisotopic (exact) mass is 287 g/mol. The molecule has 2 aromatic rings. The molecule has 6 heteroatoms. The zero-order valence-corrected chi connectivity index (χ0v) is 11.9. The molecule has 3 heterocycles. The van der Waals surface area contributed by atoms with Gasteiger partial charge in [0.1, 0.15) is 25.1 Å². The molecule has 110 valence electrons. The van der Waals surface area contributed by atoms with Crippen molar-refractivity contribution in [3.63, 3.8) is 0 Å². The van der Waals surface area contributed by atoms with Gasteiger partial charge in [0.15, 0.2) is 17.3 Å². The van der Waals surface area contributed by atoms with Crippen LogP contribution < -0.4 is 9.47 Å². The van der Waals surface area contributed by atoms with Crippen LogP contribution in [0.25, 0.3) is 5.69 Å². The van der Waals surface area contributed by atoms with Crippen LogP contribution in [0.4, 0.5) is 0 Å². The molecule has 0 spiro atoms. The largest absolute Gasteiger partial charge is 0.486 e. The van der Waals surface area contributed by atoms with E-state index in [1.54, 1.807) is 6.33 Å². The topological polar surface area (TPSA) is 58.4 Å². The van der Waals surface area contributed by atoms with Gasteiger partial charge in [-0.05, 0) is 31.9 Å². The molecule has 1 fully saturated rings. The average Bonchev–Trinajstić information content (AvgIpc) is 3.16. The van der Waals surface area contributed by atoms with Crippen molar-refractivity contribution in [1.29, 1.82) is 0 Å². The second kappa shape index (κ2) is 4.73. The van der Waals surface area contributed by atoms with Crippen LogP contribution in [0.2, 0.25) is 0 Å². The van der Waals surface area contributed by atoms with Gasteiger partial charge in [0, 0.05) is 12.7 Å². The molecule has 0 unspecified atom stereocenters. The molecule has 2 aliphatic rings. The minimum absolute atomic E-state index is 0.371. The van der Waals surface area contributed by atoms with Crippen molar-refractivity contribution in [2.75, 3.05) is 19.8 Å². The van der Waals surface area contributed by atoms with Gasteiger partial charge in [-0.15, -0.1) is 0 Å². The standard InChI is InChI=1S/C15H17N3O3/c1-15(5-2-6-21-15)14-16-10-17-18(14)11-3-4-12-13(9-11)20-8-7-19-12/h3-4,9-10H,2,5-8H2,1H3/t15-/m1/s1. The zero-order valence-electron chi connectivity index (χ0n) is 11.9. The predicted molar refractivity (Wildman–Crippen MR) is 74.9 cm³/mol. The molecule has 6 nitrogen and oxygen atoms in total. The van der Waals surface area contributed by atoms with Crippen LogP contribution in [0.1, 0.15) is 25.6 Å². The van der Waals surface area contributed by atoms with Crippen molar-refractivity contribution in [2.24, 2.45) is 0 Å². The fourth-order valence-corrected chi connectivity index (χ4v) is 2.91. The van der Waals surface area contributed by atoms with E-state index in [0.29, 0.717) is 13.2 Å². The molecule has 1 atom stereocenters. The molecular formula is C15H17N3O3. The maximum absolute atomic E-state index is 5.88. The van der Waals surface area contributed by atoms with E-state index in [9.17, 15) is 0 Å². The SMILES string of the molecule is C[C@]1(c2ncnn2-c2ccc3c(c2)OCCO3)CCCO1. The van der Waals surface area contributed by atoms with Gasteiger partial charge >= 0.3 is 0 Å². The summed E-state index contributed by atoms with van der Waals surface area (Å²) < 4.78 is 18.9. The summed E-state index contributed by atoms with van der Waals surface area (Å²) in [5.41, 5.74) is 0.535. The van der Waals surface area contributed by atoms with Crippen molar-refractivity contribution in [3.8, 4) is 17.2 Å². The predicted octanol–water partition coefficient (Wildman–Crippen LogP) is 2.06. The van der Waals surface area contributed by atoms with E-state index in [0.717, 1.165) is 42.5 Å². The van der Waals surface area contributed by atoms with Crippen LogP contribution >= 0.6 is 0 Å². The number of ether oxygens (including phenoxy) is 3. The smallest absolute Gasteiger partial charge is 0.163 e. The highest BCUT2D eigenvalue weighted by Gasteiger charge is 2.36. The maximum Gasteiger partial charge on any atom is 0.163 e.